The molecule has 25 heavy (non-hydrogen) atoms. The Bertz CT molecular complexity index is 709. The smallest absolute Gasteiger partial charge is 0.325 e. The second kappa shape index (κ2) is 6.86. The molecule has 0 radical (unpaired) electrons. The Morgan fingerprint density at radius 1 is 1.24 bits per heavy atom. The number of carbonyl (C=O) groups excluding carboxylic acids is 2. The van der Waals surface area contributed by atoms with Gasteiger partial charge in [-0.15, -0.1) is 0 Å². The number of benzene rings is 1. The van der Waals surface area contributed by atoms with Gasteiger partial charge in [-0.2, -0.15) is 0 Å². The first kappa shape index (κ1) is 18.0. The molecule has 0 unspecified atom stereocenters. The number of carbonyl (C=O) groups is 2. The van der Waals surface area contributed by atoms with Crippen LogP contribution in [0.2, 0.25) is 0 Å². The summed E-state index contributed by atoms with van der Waals surface area (Å²) in [6.07, 6.45) is 3.74. The van der Waals surface area contributed by atoms with Crippen molar-refractivity contribution in [3.8, 4) is 11.5 Å². The lowest BCUT2D eigenvalue weighted by atomic mass is 9.73. The second-order valence-electron chi connectivity index (χ2n) is 6.74. The molecular weight excluding hydrogens is 388 g/mol. The van der Waals surface area contributed by atoms with E-state index in [9.17, 15) is 9.59 Å². The third kappa shape index (κ3) is 2.99. The molecule has 0 bridgehead atoms. The first-order valence-corrected chi connectivity index (χ1v) is 9.26. The number of ether oxygens (including phenoxy) is 2. The van der Waals surface area contributed by atoms with Gasteiger partial charge in [-0.3, -0.25) is 9.69 Å². The van der Waals surface area contributed by atoms with E-state index in [0.29, 0.717) is 17.9 Å². The Kier molecular flexibility index (Phi) is 4.95. The molecule has 2 fully saturated rings. The Hall–Kier alpha value is -1.76. The fraction of sp³-hybridized carbons (Fsp3) is 0.556. The highest BCUT2D eigenvalue weighted by molar-refractivity contribution is 9.10. The maximum atomic E-state index is 13.1. The van der Waals surface area contributed by atoms with Crippen molar-refractivity contribution >= 4 is 27.9 Å². The van der Waals surface area contributed by atoms with Gasteiger partial charge in [-0.25, -0.2) is 4.79 Å². The average Bonchev–Trinajstić information content (AvgIpc) is 2.83. The van der Waals surface area contributed by atoms with Gasteiger partial charge in [0.1, 0.15) is 5.54 Å². The third-order valence-corrected chi connectivity index (χ3v) is 6.12. The van der Waals surface area contributed by atoms with E-state index >= 15 is 0 Å². The molecule has 2 atom stereocenters. The summed E-state index contributed by atoms with van der Waals surface area (Å²) in [4.78, 5) is 26.9. The average molecular weight is 411 g/mol. The van der Waals surface area contributed by atoms with Crippen LogP contribution in [0.15, 0.2) is 16.6 Å². The number of hydrogen-bond donors (Lipinski definition) is 1. The number of amides is 3. The van der Waals surface area contributed by atoms with Crippen LogP contribution in [-0.4, -0.2) is 36.6 Å². The molecule has 1 aromatic carbocycles. The zero-order chi connectivity index (χ0) is 18.2. The van der Waals surface area contributed by atoms with Crippen molar-refractivity contribution in [2.75, 3.05) is 14.2 Å². The third-order valence-electron chi connectivity index (χ3n) is 5.38. The second-order valence-corrected chi connectivity index (χ2v) is 7.59. The van der Waals surface area contributed by atoms with Gasteiger partial charge in [0.25, 0.3) is 5.91 Å². The van der Waals surface area contributed by atoms with E-state index in [0.717, 1.165) is 29.3 Å². The molecule has 1 spiro atoms. The number of imide groups is 1. The van der Waals surface area contributed by atoms with Crippen LogP contribution in [0.1, 0.15) is 38.2 Å². The van der Waals surface area contributed by atoms with Crippen LogP contribution < -0.4 is 14.8 Å². The summed E-state index contributed by atoms with van der Waals surface area (Å²) in [5.74, 6) is 1.18. The highest BCUT2D eigenvalue weighted by Gasteiger charge is 2.54. The number of methoxy groups -OCH3 is 2. The number of rotatable bonds is 4. The van der Waals surface area contributed by atoms with Crippen LogP contribution in [0.4, 0.5) is 4.79 Å². The van der Waals surface area contributed by atoms with E-state index in [1.807, 2.05) is 6.92 Å². The van der Waals surface area contributed by atoms with E-state index < -0.39 is 5.54 Å². The van der Waals surface area contributed by atoms with E-state index in [-0.39, 0.29) is 24.4 Å². The van der Waals surface area contributed by atoms with Gasteiger partial charge in [0.15, 0.2) is 11.5 Å². The molecule has 136 valence electrons. The number of halogens is 1. The minimum atomic E-state index is -0.738. The maximum Gasteiger partial charge on any atom is 0.325 e. The van der Waals surface area contributed by atoms with Crippen LogP contribution in [0.3, 0.4) is 0 Å². The molecule has 0 aromatic heterocycles. The van der Waals surface area contributed by atoms with Crippen LogP contribution in [0, 0.1) is 5.92 Å². The highest BCUT2D eigenvalue weighted by Crippen LogP contribution is 2.40. The molecule has 2 aliphatic rings. The molecular formula is C18H23BrN2O4. The normalized spacial score (nSPS) is 26.1. The van der Waals surface area contributed by atoms with Crippen molar-refractivity contribution in [2.45, 2.75) is 44.7 Å². The monoisotopic (exact) mass is 410 g/mol. The molecule has 1 saturated heterocycles. The molecule has 1 aliphatic heterocycles. The predicted molar refractivity (Wildman–Crippen MR) is 96.7 cm³/mol. The van der Waals surface area contributed by atoms with Gasteiger partial charge in [0.2, 0.25) is 0 Å². The Morgan fingerprint density at radius 2 is 1.92 bits per heavy atom. The molecule has 1 N–H and O–H groups in total. The summed E-state index contributed by atoms with van der Waals surface area (Å²) in [6.45, 7) is 2.24. The van der Waals surface area contributed by atoms with E-state index in [4.69, 9.17) is 9.47 Å². The van der Waals surface area contributed by atoms with Gasteiger partial charge in [0.05, 0.1) is 20.8 Å². The SMILES string of the molecule is COc1cc(Br)c(CN2C(=O)N[C@]3(CCCC[C@H]3C)C2=O)cc1OC. The first-order valence-electron chi connectivity index (χ1n) is 8.47. The molecule has 1 heterocycles. The van der Waals surface area contributed by atoms with E-state index in [1.165, 1.54) is 4.90 Å². The Balaban J connectivity index is 1.88. The molecule has 3 rings (SSSR count). The largest absolute Gasteiger partial charge is 0.493 e. The fourth-order valence-electron chi connectivity index (χ4n) is 3.83. The highest BCUT2D eigenvalue weighted by atomic mass is 79.9. The molecule has 6 nitrogen and oxygen atoms in total. The molecule has 7 heteroatoms. The number of urea groups is 1. The zero-order valence-corrected chi connectivity index (χ0v) is 16.3. The topological polar surface area (TPSA) is 67.9 Å². The maximum absolute atomic E-state index is 13.1. The zero-order valence-electron chi connectivity index (χ0n) is 14.7. The molecule has 3 amide bonds. The van der Waals surface area contributed by atoms with Crippen molar-refractivity contribution in [3.05, 3.63) is 22.2 Å². The van der Waals surface area contributed by atoms with E-state index in [1.54, 1.807) is 26.4 Å². The number of hydrogen-bond acceptors (Lipinski definition) is 4. The van der Waals surface area contributed by atoms with Gasteiger partial charge in [-0.1, -0.05) is 35.7 Å². The quantitative estimate of drug-likeness (QED) is 0.771. The number of nitrogens with zero attached hydrogens (tertiary/aromatic N) is 1. The van der Waals surface area contributed by atoms with Crippen molar-refractivity contribution in [1.82, 2.24) is 10.2 Å². The minimum absolute atomic E-state index is 0.119. The van der Waals surface area contributed by atoms with Gasteiger partial charge in [-0.05, 0) is 36.5 Å². The predicted octanol–water partition coefficient (Wildman–Crippen LogP) is 3.47. The summed E-state index contributed by atoms with van der Waals surface area (Å²) in [7, 11) is 3.12. The van der Waals surface area contributed by atoms with Crippen LogP contribution in [0.5, 0.6) is 11.5 Å². The van der Waals surface area contributed by atoms with Crippen LogP contribution in [-0.2, 0) is 11.3 Å². The summed E-state index contributed by atoms with van der Waals surface area (Å²) >= 11 is 3.49. The lowest BCUT2D eigenvalue weighted by Crippen LogP contribution is -2.53. The summed E-state index contributed by atoms with van der Waals surface area (Å²) in [5.41, 5.74) is 0.0555. The minimum Gasteiger partial charge on any atom is -0.493 e. The van der Waals surface area contributed by atoms with Crippen molar-refractivity contribution in [1.29, 1.82) is 0 Å². The first-order chi connectivity index (χ1) is 11.9. The van der Waals surface area contributed by atoms with Gasteiger partial charge < -0.3 is 14.8 Å². The summed E-state index contributed by atoms with van der Waals surface area (Å²) in [6, 6.07) is 3.25. The van der Waals surface area contributed by atoms with Crippen molar-refractivity contribution in [2.24, 2.45) is 5.92 Å². The molecule has 1 aromatic rings. The lowest BCUT2D eigenvalue weighted by molar-refractivity contribution is -0.134. The fourth-order valence-corrected chi connectivity index (χ4v) is 4.27. The summed E-state index contributed by atoms with van der Waals surface area (Å²) < 4.78 is 11.4. The molecule has 1 saturated carbocycles. The standard InChI is InChI=1S/C18H23BrN2O4/c1-11-6-4-5-7-18(11)16(22)21(17(23)20-18)10-12-8-14(24-2)15(25-3)9-13(12)19/h8-9,11H,4-7,10H2,1-3H3,(H,20,23)/t11-,18+/m1/s1. The van der Waals surface area contributed by atoms with Crippen LogP contribution in [0.25, 0.3) is 0 Å². The van der Waals surface area contributed by atoms with Gasteiger partial charge >= 0.3 is 6.03 Å². The van der Waals surface area contributed by atoms with Crippen LogP contribution >= 0.6 is 15.9 Å². The van der Waals surface area contributed by atoms with Crippen molar-refractivity contribution < 1.29 is 19.1 Å². The van der Waals surface area contributed by atoms with E-state index in [2.05, 4.69) is 21.2 Å². The van der Waals surface area contributed by atoms with Crippen molar-refractivity contribution in [3.63, 3.8) is 0 Å². The molecule has 1 aliphatic carbocycles. The summed E-state index contributed by atoms with van der Waals surface area (Å²) in [5, 5.41) is 2.98. The Labute approximate surface area is 156 Å². The van der Waals surface area contributed by atoms with Gasteiger partial charge in [0, 0.05) is 4.47 Å². The Morgan fingerprint density at radius 3 is 2.56 bits per heavy atom. The number of nitrogens with one attached hydrogen (secondary N) is 1. The lowest BCUT2D eigenvalue weighted by Gasteiger charge is -2.36.